The Labute approximate surface area is 180 Å². The largest absolute Gasteiger partial charge is 0.497 e. The number of methoxy groups -OCH3 is 1. The van der Waals surface area contributed by atoms with E-state index in [9.17, 15) is 21.2 Å². The summed E-state index contributed by atoms with van der Waals surface area (Å²) in [6, 6.07) is 12.3. The number of halogens is 1. The minimum Gasteiger partial charge on any atom is -0.497 e. The van der Waals surface area contributed by atoms with Crippen molar-refractivity contribution >= 4 is 19.9 Å². The molecule has 1 unspecified atom stereocenters. The quantitative estimate of drug-likeness (QED) is 0.514. The molecular weight excluding hydrogens is 443 g/mol. The molecule has 0 saturated carbocycles. The number of hydrogen-bond acceptors (Lipinski definition) is 6. The molecule has 3 rings (SSSR count). The number of benzene rings is 2. The Bertz CT molecular complexity index is 1260. The predicted molar refractivity (Wildman–Crippen MR) is 113 cm³/mol. The van der Waals surface area contributed by atoms with Gasteiger partial charge in [-0.05, 0) is 66.6 Å². The standard InChI is InChI=1S/C21H21FN2O5S2/c1-15-12-19(9-10-20(15)22)30(25,26)21(16-4-3-11-23-13-16)14-24-31(27,28)18-7-5-17(29-2)6-8-18/h3-13,21,24H,14H2,1-2H3. The smallest absolute Gasteiger partial charge is 0.240 e. The third-order valence-electron chi connectivity index (χ3n) is 4.72. The summed E-state index contributed by atoms with van der Waals surface area (Å²) in [6.45, 7) is 1.03. The molecule has 7 nitrogen and oxygen atoms in total. The second-order valence-electron chi connectivity index (χ2n) is 6.76. The van der Waals surface area contributed by atoms with E-state index in [1.165, 1.54) is 62.8 Å². The van der Waals surface area contributed by atoms with E-state index in [0.29, 0.717) is 11.3 Å². The SMILES string of the molecule is COc1ccc(S(=O)(=O)NCC(c2cccnc2)S(=O)(=O)c2ccc(F)c(C)c2)cc1. The molecule has 31 heavy (non-hydrogen) atoms. The summed E-state index contributed by atoms with van der Waals surface area (Å²) in [5, 5.41) is -1.26. The lowest BCUT2D eigenvalue weighted by molar-refractivity contribution is 0.414. The number of hydrogen-bond donors (Lipinski definition) is 1. The second kappa shape index (κ2) is 9.13. The molecule has 2 aromatic carbocycles. The Morgan fingerprint density at radius 1 is 1.03 bits per heavy atom. The number of nitrogens with one attached hydrogen (secondary N) is 1. The molecule has 0 aliphatic carbocycles. The molecule has 3 aromatic rings. The van der Waals surface area contributed by atoms with Gasteiger partial charge in [0.05, 0.1) is 16.9 Å². The van der Waals surface area contributed by atoms with Gasteiger partial charge in [0, 0.05) is 18.9 Å². The summed E-state index contributed by atoms with van der Waals surface area (Å²) in [6.07, 6.45) is 2.84. The number of ether oxygens (including phenoxy) is 1. The van der Waals surface area contributed by atoms with Crippen LogP contribution in [-0.4, -0.2) is 35.5 Å². The fraction of sp³-hybridized carbons (Fsp3) is 0.190. The highest BCUT2D eigenvalue weighted by molar-refractivity contribution is 7.92. The van der Waals surface area contributed by atoms with Crippen LogP contribution in [0.4, 0.5) is 4.39 Å². The molecule has 0 aliphatic rings. The Morgan fingerprint density at radius 3 is 2.29 bits per heavy atom. The summed E-state index contributed by atoms with van der Waals surface area (Å²) in [7, 11) is -6.60. The molecule has 164 valence electrons. The van der Waals surface area contributed by atoms with Crippen molar-refractivity contribution < 1.29 is 26.0 Å². The van der Waals surface area contributed by atoms with Gasteiger partial charge >= 0.3 is 0 Å². The van der Waals surface area contributed by atoms with Crippen LogP contribution in [0.1, 0.15) is 16.4 Å². The van der Waals surface area contributed by atoms with Gasteiger partial charge in [0.2, 0.25) is 10.0 Å². The monoisotopic (exact) mass is 464 g/mol. The van der Waals surface area contributed by atoms with Gasteiger partial charge in [0.25, 0.3) is 0 Å². The average molecular weight is 465 g/mol. The van der Waals surface area contributed by atoms with Crippen molar-refractivity contribution in [2.24, 2.45) is 0 Å². The zero-order valence-corrected chi connectivity index (χ0v) is 18.5. The van der Waals surface area contributed by atoms with E-state index in [4.69, 9.17) is 4.74 Å². The minimum absolute atomic E-state index is 0.0340. The van der Waals surface area contributed by atoms with E-state index in [1.54, 1.807) is 12.1 Å². The highest BCUT2D eigenvalue weighted by Gasteiger charge is 2.31. The summed E-state index contributed by atoms with van der Waals surface area (Å²) >= 11 is 0. The van der Waals surface area contributed by atoms with Crippen LogP contribution in [0.25, 0.3) is 0 Å². The van der Waals surface area contributed by atoms with Crippen LogP contribution in [-0.2, 0) is 19.9 Å². The van der Waals surface area contributed by atoms with Crippen LogP contribution in [0.2, 0.25) is 0 Å². The van der Waals surface area contributed by atoms with Crippen LogP contribution in [0.15, 0.2) is 76.8 Å². The lowest BCUT2D eigenvalue weighted by atomic mass is 10.2. The molecule has 0 spiro atoms. The maximum atomic E-state index is 13.7. The molecule has 0 fully saturated rings. The Morgan fingerprint density at radius 2 is 1.71 bits per heavy atom. The van der Waals surface area contributed by atoms with E-state index in [1.807, 2.05) is 0 Å². The zero-order valence-electron chi connectivity index (χ0n) is 16.8. The Balaban J connectivity index is 1.95. The molecule has 0 aliphatic heterocycles. The maximum absolute atomic E-state index is 13.7. The third-order valence-corrected chi connectivity index (χ3v) is 8.26. The first-order valence-corrected chi connectivity index (χ1v) is 12.2. The van der Waals surface area contributed by atoms with E-state index in [2.05, 4.69) is 9.71 Å². The van der Waals surface area contributed by atoms with Gasteiger partial charge in [-0.2, -0.15) is 0 Å². The second-order valence-corrected chi connectivity index (χ2v) is 10.7. The van der Waals surface area contributed by atoms with E-state index < -0.39 is 37.5 Å². The molecule has 1 aromatic heterocycles. The van der Waals surface area contributed by atoms with Crippen molar-refractivity contribution in [3.8, 4) is 5.75 Å². The average Bonchev–Trinajstić information content (AvgIpc) is 2.76. The summed E-state index contributed by atoms with van der Waals surface area (Å²) in [5.41, 5.74) is 0.478. The number of nitrogens with zero attached hydrogens (tertiary/aromatic N) is 1. The van der Waals surface area contributed by atoms with Crippen molar-refractivity contribution in [2.75, 3.05) is 13.7 Å². The number of aryl methyl sites for hydroxylation is 1. The topological polar surface area (TPSA) is 102 Å². The maximum Gasteiger partial charge on any atom is 0.240 e. The van der Waals surface area contributed by atoms with E-state index in [0.717, 1.165) is 6.07 Å². The Hall–Kier alpha value is -2.82. The minimum atomic E-state index is -4.06. The zero-order chi connectivity index (χ0) is 22.6. The number of aromatic nitrogens is 1. The van der Waals surface area contributed by atoms with E-state index >= 15 is 0 Å². The number of rotatable bonds is 8. The highest BCUT2D eigenvalue weighted by atomic mass is 32.2. The van der Waals surface area contributed by atoms with Crippen LogP contribution in [0, 0.1) is 12.7 Å². The van der Waals surface area contributed by atoms with Gasteiger partial charge in [-0.25, -0.2) is 25.9 Å². The van der Waals surface area contributed by atoms with Crippen molar-refractivity contribution in [2.45, 2.75) is 22.0 Å². The van der Waals surface area contributed by atoms with Crippen LogP contribution >= 0.6 is 0 Å². The molecule has 0 radical (unpaired) electrons. The molecule has 0 bridgehead atoms. The molecule has 0 saturated heterocycles. The van der Waals surface area contributed by atoms with Crippen molar-refractivity contribution in [1.29, 1.82) is 0 Å². The Kier molecular flexibility index (Phi) is 6.73. The molecule has 1 atom stereocenters. The molecular formula is C21H21FN2O5S2. The first-order chi connectivity index (χ1) is 14.6. The van der Waals surface area contributed by atoms with Gasteiger partial charge in [0.15, 0.2) is 9.84 Å². The van der Waals surface area contributed by atoms with Crippen molar-refractivity contribution in [3.63, 3.8) is 0 Å². The fourth-order valence-electron chi connectivity index (χ4n) is 2.96. The third kappa shape index (κ3) is 5.09. The summed E-state index contributed by atoms with van der Waals surface area (Å²) in [4.78, 5) is 3.81. The lowest BCUT2D eigenvalue weighted by Crippen LogP contribution is -2.32. The van der Waals surface area contributed by atoms with Gasteiger partial charge in [-0.15, -0.1) is 0 Å². The molecule has 1 N–H and O–H groups in total. The predicted octanol–water partition coefficient (Wildman–Crippen LogP) is 3.03. The van der Waals surface area contributed by atoms with Gasteiger partial charge in [-0.1, -0.05) is 6.07 Å². The van der Waals surface area contributed by atoms with Crippen LogP contribution in [0.5, 0.6) is 5.75 Å². The first kappa shape index (κ1) is 22.9. The van der Waals surface area contributed by atoms with Gasteiger partial charge < -0.3 is 4.74 Å². The van der Waals surface area contributed by atoms with Gasteiger partial charge in [-0.3, -0.25) is 4.98 Å². The number of sulfone groups is 1. The van der Waals surface area contributed by atoms with Crippen LogP contribution in [0.3, 0.4) is 0 Å². The van der Waals surface area contributed by atoms with Crippen molar-refractivity contribution in [3.05, 3.63) is 83.9 Å². The number of sulfonamides is 1. The van der Waals surface area contributed by atoms with Crippen molar-refractivity contribution in [1.82, 2.24) is 9.71 Å². The summed E-state index contributed by atoms with van der Waals surface area (Å²) in [5.74, 6) is -0.0430. The number of pyridine rings is 1. The first-order valence-electron chi connectivity index (χ1n) is 9.19. The lowest BCUT2D eigenvalue weighted by Gasteiger charge is -2.19. The molecule has 0 amide bonds. The van der Waals surface area contributed by atoms with Crippen LogP contribution < -0.4 is 9.46 Å². The molecule has 1 heterocycles. The van der Waals surface area contributed by atoms with E-state index in [-0.39, 0.29) is 15.4 Å². The van der Waals surface area contributed by atoms with Gasteiger partial charge in [0.1, 0.15) is 16.8 Å². The molecule has 10 heteroatoms. The normalized spacial score (nSPS) is 13.0. The summed E-state index contributed by atoms with van der Waals surface area (Å²) < 4.78 is 73.1. The fourth-order valence-corrected chi connectivity index (χ4v) is 5.84. The highest BCUT2D eigenvalue weighted by Crippen LogP contribution is 2.29.